The van der Waals surface area contributed by atoms with Gasteiger partial charge in [0.2, 0.25) is 0 Å². The fraction of sp³-hybridized carbons (Fsp3) is 0.483. The lowest BCUT2D eigenvalue weighted by Crippen LogP contribution is -2.17. The summed E-state index contributed by atoms with van der Waals surface area (Å²) < 4.78 is 0. The third-order valence-electron chi connectivity index (χ3n) is 7.42. The second kappa shape index (κ2) is 11.4. The minimum absolute atomic E-state index is 0.286. The first kappa shape index (κ1) is 23.4. The number of carbonyl (C=O) groups is 1. The number of hydrogen-bond acceptors (Lipinski definition) is 3. The van der Waals surface area contributed by atoms with Crippen LogP contribution in [-0.4, -0.2) is 11.1 Å². The molecule has 2 atom stereocenters. The summed E-state index contributed by atoms with van der Waals surface area (Å²) in [6.45, 7) is 0. The third-order valence-corrected chi connectivity index (χ3v) is 7.42. The average molecular weight is 446 g/mol. The Hall–Kier alpha value is -2.75. The van der Waals surface area contributed by atoms with E-state index in [1.165, 1.54) is 41.5 Å². The molecule has 0 bridgehead atoms. The minimum atomic E-state index is -0.814. The van der Waals surface area contributed by atoms with E-state index < -0.39 is 17.9 Å². The van der Waals surface area contributed by atoms with Crippen LogP contribution in [0.15, 0.2) is 59.3 Å². The summed E-state index contributed by atoms with van der Waals surface area (Å²) in [6, 6.07) is 16.1. The van der Waals surface area contributed by atoms with Crippen molar-refractivity contribution in [1.82, 2.24) is 0 Å². The molecule has 0 aliphatic heterocycles. The topological polar surface area (TPSA) is 66.7 Å². The molecule has 4 nitrogen and oxygen atoms in total. The maximum atomic E-state index is 11.9. The molecule has 0 fully saturated rings. The van der Waals surface area contributed by atoms with Gasteiger partial charge in [-0.2, -0.15) is 4.91 Å². The molecule has 0 spiro atoms. The molecule has 1 N–H and O–H groups in total. The van der Waals surface area contributed by atoms with Crippen molar-refractivity contribution in [3.63, 3.8) is 0 Å². The number of aliphatic carboxylic acids is 1. The number of benzene rings is 2. The second-order valence-corrected chi connectivity index (χ2v) is 9.71. The molecule has 33 heavy (non-hydrogen) atoms. The number of unbranched alkanes of at least 4 members (excludes halogenated alkanes) is 3. The highest BCUT2D eigenvalue weighted by molar-refractivity contribution is 5.77. The van der Waals surface area contributed by atoms with E-state index in [9.17, 15) is 14.8 Å². The van der Waals surface area contributed by atoms with E-state index in [1.54, 1.807) is 5.57 Å². The lowest BCUT2D eigenvalue weighted by atomic mass is 9.89. The molecular formula is C29H35NO3. The SMILES string of the molecule is O=NC(CC(CCCCCCc1ccccc1)C(=O)O)c1ccc2c(c1)CC1=C2CCCC1. The quantitative estimate of drug-likeness (QED) is 0.269. The summed E-state index contributed by atoms with van der Waals surface area (Å²) in [6.07, 6.45) is 11.9. The van der Waals surface area contributed by atoms with Crippen LogP contribution in [0.25, 0.3) is 5.57 Å². The van der Waals surface area contributed by atoms with Crippen molar-refractivity contribution < 1.29 is 9.90 Å². The van der Waals surface area contributed by atoms with E-state index in [0.29, 0.717) is 6.42 Å². The summed E-state index contributed by atoms with van der Waals surface area (Å²) in [5.41, 5.74) is 7.92. The molecule has 0 saturated heterocycles. The van der Waals surface area contributed by atoms with Crippen LogP contribution >= 0.6 is 0 Å². The second-order valence-electron chi connectivity index (χ2n) is 9.71. The molecule has 0 amide bonds. The summed E-state index contributed by atoms with van der Waals surface area (Å²) in [7, 11) is 0. The highest BCUT2D eigenvalue weighted by Gasteiger charge is 2.27. The van der Waals surface area contributed by atoms with Crippen LogP contribution in [-0.2, 0) is 17.6 Å². The number of aryl methyl sites for hydroxylation is 1. The Morgan fingerprint density at radius 2 is 1.76 bits per heavy atom. The maximum Gasteiger partial charge on any atom is 0.306 e. The van der Waals surface area contributed by atoms with Crippen LogP contribution in [0.1, 0.15) is 92.5 Å². The predicted molar refractivity (Wildman–Crippen MR) is 133 cm³/mol. The molecule has 2 aliphatic rings. The van der Waals surface area contributed by atoms with Gasteiger partial charge in [-0.05, 0) is 85.6 Å². The largest absolute Gasteiger partial charge is 0.481 e. The number of hydrogen-bond donors (Lipinski definition) is 1. The van der Waals surface area contributed by atoms with Gasteiger partial charge in [-0.25, -0.2) is 0 Å². The maximum absolute atomic E-state index is 11.9. The highest BCUT2D eigenvalue weighted by atomic mass is 16.4. The van der Waals surface area contributed by atoms with E-state index in [-0.39, 0.29) is 6.42 Å². The number of nitrogens with zero attached hydrogens (tertiary/aromatic N) is 1. The smallest absolute Gasteiger partial charge is 0.306 e. The highest BCUT2D eigenvalue weighted by Crippen LogP contribution is 2.42. The van der Waals surface area contributed by atoms with E-state index >= 15 is 0 Å². The van der Waals surface area contributed by atoms with Gasteiger partial charge in [0, 0.05) is 0 Å². The van der Waals surface area contributed by atoms with Gasteiger partial charge in [0.1, 0.15) is 6.04 Å². The fourth-order valence-electron chi connectivity index (χ4n) is 5.55. The van der Waals surface area contributed by atoms with Crippen LogP contribution in [0.2, 0.25) is 0 Å². The van der Waals surface area contributed by atoms with Gasteiger partial charge in [0.15, 0.2) is 0 Å². The molecule has 2 aliphatic carbocycles. The van der Waals surface area contributed by atoms with Gasteiger partial charge in [0.25, 0.3) is 0 Å². The van der Waals surface area contributed by atoms with Crippen molar-refractivity contribution in [2.24, 2.45) is 11.1 Å². The number of fused-ring (bicyclic) bond motifs is 2. The Labute approximate surface area is 197 Å². The zero-order valence-electron chi connectivity index (χ0n) is 19.5. The predicted octanol–water partition coefficient (Wildman–Crippen LogP) is 7.66. The monoisotopic (exact) mass is 445 g/mol. The molecule has 0 saturated carbocycles. The van der Waals surface area contributed by atoms with E-state index in [0.717, 1.165) is 50.5 Å². The third kappa shape index (κ3) is 5.98. The van der Waals surface area contributed by atoms with Crippen molar-refractivity contribution in [1.29, 1.82) is 0 Å². The molecule has 2 aromatic carbocycles. The molecule has 2 aromatic rings. The van der Waals surface area contributed by atoms with Gasteiger partial charge in [-0.3, -0.25) is 4.79 Å². The Morgan fingerprint density at radius 3 is 2.55 bits per heavy atom. The van der Waals surface area contributed by atoms with Gasteiger partial charge < -0.3 is 5.11 Å². The zero-order chi connectivity index (χ0) is 23.0. The summed E-state index contributed by atoms with van der Waals surface area (Å²) in [5, 5.41) is 13.1. The number of nitroso groups, excluding NO2 is 1. The van der Waals surface area contributed by atoms with Crippen LogP contribution in [0, 0.1) is 10.8 Å². The zero-order valence-corrected chi connectivity index (χ0v) is 19.5. The first-order valence-electron chi connectivity index (χ1n) is 12.6. The van der Waals surface area contributed by atoms with E-state index in [4.69, 9.17) is 0 Å². The number of allylic oxidation sites excluding steroid dienone is 2. The molecule has 174 valence electrons. The van der Waals surface area contributed by atoms with Crippen LogP contribution in [0.3, 0.4) is 0 Å². The lowest BCUT2D eigenvalue weighted by Gasteiger charge is -2.17. The lowest BCUT2D eigenvalue weighted by molar-refractivity contribution is -0.142. The molecule has 2 unspecified atom stereocenters. The molecule has 4 heteroatoms. The van der Waals surface area contributed by atoms with Crippen LogP contribution in [0.4, 0.5) is 0 Å². The van der Waals surface area contributed by atoms with Crippen molar-refractivity contribution in [2.45, 2.75) is 83.1 Å². The first-order chi connectivity index (χ1) is 16.2. The van der Waals surface area contributed by atoms with Crippen molar-refractivity contribution in [2.75, 3.05) is 0 Å². The minimum Gasteiger partial charge on any atom is -0.481 e. The van der Waals surface area contributed by atoms with Crippen LogP contribution in [0.5, 0.6) is 0 Å². The number of carboxylic acid groups (broad SMARTS) is 1. The normalized spacial score (nSPS) is 16.7. The Balaban J connectivity index is 1.28. The molecule has 0 radical (unpaired) electrons. The standard InChI is InChI=1S/C29H35NO3/c31-29(32)24(14-7-2-1-4-10-21-11-5-3-6-12-21)20-28(30-33)23-16-17-27-25(19-23)18-22-13-8-9-15-26(22)27/h3,5-6,11-12,16-17,19,24,28H,1-2,4,7-10,13-15,18,20H2,(H,31,32). The summed E-state index contributed by atoms with van der Waals surface area (Å²) >= 11 is 0. The molecule has 0 aromatic heterocycles. The van der Waals surface area contributed by atoms with Crippen molar-refractivity contribution in [3.8, 4) is 0 Å². The van der Waals surface area contributed by atoms with Gasteiger partial charge in [0.05, 0.1) is 5.92 Å². The average Bonchev–Trinajstić information content (AvgIpc) is 3.21. The van der Waals surface area contributed by atoms with Gasteiger partial charge in [-0.15, -0.1) is 0 Å². The number of rotatable bonds is 12. The van der Waals surface area contributed by atoms with Crippen LogP contribution < -0.4 is 0 Å². The molecular weight excluding hydrogens is 410 g/mol. The van der Waals surface area contributed by atoms with Gasteiger partial charge >= 0.3 is 5.97 Å². The van der Waals surface area contributed by atoms with Crippen molar-refractivity contribution in [3.05, 3.63) is 81.3 Å². The summed E-state index contributed by atoms with van der Waals surface area (Å²) in [5.74, 6) is -1.34. The Morgan fingerprint density at radius 1 is 0.970 bits per heavy atom. The molecule has 0 heterocycles. The fourth-order valence-corrected chi connectivity index (χ4v) is 5.55. The van der Waals surface area contributed by atoms with E-state index in [2.05, 4.69) is 41.6 Å². The Bertz CT molecular complexity index is 995. The number of carboxylic acids is 1. The summed E-state index contributed by atoms with van der Waals surface area (Å²) in [4.78, 5) is 23.6. The first-order valence-corrected chi connectivity index (χ1v) is 12.6. The Kier molecular flexibility index (Phi) is 8.09. The molecule has 4 rings (SSSR count). The van der Waals surface area contributed by atoms with E-state index in [1.807, 2.05) is 12.1 Å². The van der Waals surface area contributed by atoms with Crippen molar-refractivity contribution >= 4 is 11.5 Å². The van der Waals surface area contributed by atoms with Gasteiger partial charge in [-0.1, -0.05) is 78.5 Å².